The average molecular weight is 653 g/mol. The third-order valence-corrected chi connectivity index (χ3v) is 10.6. The normalized spacial score (nSPS) is 12.6. The van der Waals surface area contributed by atoms with Gasteiger partial charge in [0.15, 0.2) is 0 Å². The molecule has 0 spiro atoms. The molecule has 0 N–H and O–H groups in total. The molecule has 1 atom stereocenters. The molecule has 0 saturated heterocycles. The van der Waals surface area contributed by atoms with Crippen molar-refractivity contribution in [2.45, 2.75) is 59.0 Å². The third kappa shape index (κ3) is 8.87. The molecule has 0 radical (unpaired) electrons. The van der Waals surface area contributed by atoms with E-state index in [4.69, 9.17) is 52.8 Å². The number of imidazole rings is 1. The summed E-state index contributed by atoms with van der Waals surface area (Å²) in [6.07, 6.45) is 7.72. The van der Waals surface area contributed by atoms with Gasteiger partial charge >= 0.3 is 8.80 Å². The molecule has 0 fully saturated rings. The molecule has 1 unspecified atom stereocenters. The van der Waals surface area contributed by atoms with Crippen LogP contribution in [0, 0.1) is 0 Å². The van der Waals surface area contributed by atoms with Crippen molar-refractivity contribution in [1.29, 1.82) is 0 Å². The molecular formula is C29H36Cl3N5O4Si. The standard InChI is InChI=1S/C29H36Cl3N5O4Si/c1-4-39-42(40-5-2,41-6-3)15-7-13-37-18-28(34-35-37)22-8-9-23(26(31)16-22)20-38-29(19-36-14-12-33-21-36)25-11-10-24(30)17-27(25)32/h8-12,14,16-18,21,29H,4-7,13,15,19-20H2,1-3H3. The zero-order chi connectivity index (χ0) is 30.0. The number of aryl methyl sites for hydroxylation is 1. The van der Waals surface area contributed by atoms with Crippen LogP contribution in [-0.2, 0) is 37.7 Å². The van der Waals surface area contributed by atoms with E-state index in [0.717, 1.165) is 28.8 Å². The molecule has 0 aliphatic carbocycles. The highest BCUT2D eigenvalue weighted by Crippen LogP contribution is 2.32. The van der Waals surface area contributed by atoms with Crippen molar-refractivity contribution in [3.63, 3.8) is 0 Å². The van der Waals surface area contributed by atoms with E-state index in [0.29, 0.717) is 54.0 Å². The Hall–Kier alpha value is -2.28. The van der Waals surface area contributed by atoms with E-state index in [1.807, 2.05) is 66.7 Å². The van der Waals surface area contributed by atoms with Crippen molar-refractivity contribution in [2.24, 2.45) is 0 Å². The van der Waals surface area contributed by atoms with Gasteiger partial charge in [-0.1, -0.05) is 58.2 Å². The van der Waals surface area contributed by atoms with Gasteiger partial charge in [-0.25, -0.2) is 4.98 Å². The van der Waals surface area contributed by atoms with Crippen LogP contribution in [0.2, 0.25) is 21.1 Å². The zero-order valence-electron chi connectivity index (χ0n) is 24.0. The lowest BCUT2D eigenvalue weighted by molar-refractivity contribution is 0.0281. The van der Waals surface area contributed by atoms with Crippen molar-refractivity contribution >= 4 is 43.6 Å². The quantitative estimate of drug-likeness (QED) is 0.109. The molecule has 2 heterocycles. The molecule has 0 bridgehead atoms. The maximum atomic E-state index is 6.70. The second-order valence-corrected chi connectivity index (χ2v) is 13.5. The van der Waals surface area contributed by atoms with E-state index in [1.54, 1.807) is 24.7 Å². The molecule has 4 aromatic rings. The van der Waals surface area contributed by atoms with Gasteiger partial charge in [-0.05, 0) is 51.0 Å². The second kappa shape index (κ2) is 16.0. The number of hydrogen-bond acceptors (Lipinski definition) is 7. The molecule has 2 aromatic carbocycles. The van der Waals surface area contributed by atoms with Gasteiger partial charge < -0.3 is 22.6 Å². The average Bonchev–Trinajstić information content (AvgIpc) is 3.65. The Morgan fingerprint density at radius 2 is 1.69 bits per heavy atom. The first-order chi connectivity index (χ1) is 20.4. The van der Waals surface area contributed by atoms with Crippen molar-refractivity contribution in [2.75, 3.05) is 19.8 Å². The van der Waals surface area contributed by atoms with E-state index in [9.17, 15) is 0 Å². The molecule has 2 aromatic heterocycles. The summed E-state index contributed by atoms with van der Waals surface area (Å²) in [5, 5.41) is 10.4. The second-order valence-electron chi connectivity index (χ2n) is 9.48. The summed E-state index contributed by atoms with van der Waals surface area (Å²) in [6.45, 7) is 9.03. The number of aromatic nitrogens is 5. The lowest BCUT2D eigenvalue weighted by Gasteiger charge is -2.28. The number of rotatable bonds is 17. The topological polar surface area (TPSA) is 85.5 Å². The van der Waals surface area contributed by atoms with Crippen molar-refractivity contribution in [3.05, 3.63) is 87.5 Å². The minimum atomic E-state index is -2.69. The number of benzene rings is 2. The van der Waals surface area contributed by atoms with E-state index in [-0.39, 0.29) is 12.7 Å². The van der Waals surface area contributed by atoms with Crippen LogP contribution in [0.4, 0.5) is 0 Å². The summed E-state index contributed by atoms with van der Waals surface area (Å²) in [5.74, 6) is 0. The van der Waals surface area contributed by atoms with Crippen molar-refractivity contribution in [3.8, 4) is 11.3 Å². The van der Waals surface area contributed by atoms with Crippen LogP contribution in [0.15, 0.2) is 61.3 Å². The van der Waals surface area contributed by atoms with Crippen LogP contribution in [0.3, 0.4) is 0 Å². The predicted octanol–water partition coefficient (Wildman–Crippen LogP) is 7.50. The fourth-order valence-corrected chi connectivity index (χ4v) is 7.96. The van der Waals surface area contributed by atoms with E-state index < -0.39 is 8.80 Å². The van der Waals surface area contributed by atoms with Gasteiger partial charge in [0.05, 0.1) is 25.7 Å². The van der Waals surface area contributed by atoms with Crippen molar-refractivity contribution in [1.82, 2.24) is 24.5 Å². The van der Waals surface area contributed by atoms with Crippen LogP contribution in [0.5, 0.6) is 0 Å². The molecule has 0 saturated carbocycles. The number of nitrogens with zero attached hydrogens (tertiary/aromatic N) is 5. The molecule has 0 amide bonds. The lowest BCUT2D eigenvalue weighted by Crippen LogP contribution is -2.46. The maximum absolute atomic E-state index is 6.70. The first-order valence-electron chi connectivity index (χ1n) is 14.0. The van der Waals surface area contributed by atoms with E-state index in [1.165, 1.54) is 0 Å². The SMILES string of the molecule is CCO[Si](CCCn1cc(-c2ccc(COC(Cn3ccnc3)c3ccc(Cl)cc3Cl)c(Cl)c2)nn1)(OCC)OCC. The Balaban J connectivity index is 1.40. The zero-order valence-corrected chi connectivity index (χ0v) is 27.3. The highest BCUT2D eigenvalue weighted by atomic mass is 35.5. The number of halogens is 3. The molecule has 4 rings (SSSR count). The van der Waals surface area contributed by atoms with Gasteiger partial charge in [-0.3, -0.25) is 4.68 Å². The van der Waals surface area contributed by atoms with Gasteiger partial charge in [0.25, 0.3) is 0 Å². The Morgan fingerprint density at radius 1 is 0.929 bits per heavy atom. The lowest BCUT2D eigenvalue weighted by atomic mass is 10.1. The minimum absolute atomic E-state index is 0.287. The summed E-state index contributed by atoms with van der Waals surface area (Å²) < 4.78 is 28.0. The first kappa shape index (κ1) is 32.6. The summed E-state index contributed by atoms with van der Waals surface area (Å²) in [5.41, 5.74) is 3.28. The molecule has 9 nitrogen and oxygen atoms in total. The fraction of sp³-hybridized carbons (Fsp3) is 0.414. The summed E-state index contributed by atoms with van der Waals surface area (Å²) in [7, 11) is -2.69. The molecule has 0 aliphatic heterocycles. The van der Waals surface area contributed by atoms with Crippen LogP contribution in [-0.4, -0.2) is 53.2 Å². The predicted molar refractivity (Wildman–Crippen MR) is 167 cm³/mol. The molecule has 0 aliphatic rings. The monoisotopic (exact) mass is 651 g/mol. The van der Waals surface area contributed by atoms with Gasteiger partial charge in [0.2, 0.25) is 0 Å². The number of hydrogen-bond donors (Lipinski definition) is 0. The Bertz CT molecular complexity index is 1390. The minimum Gasteiger partial charge on any atom is -0.374 e. The summed E-state index contributed by atoms with van der Waals surface area (Å²) in [6, 6.07) is 11.9. The largest absolute Gasteiger partial charge is 0.500 e. The van der Waals surface area contributed by atoms with Crippen LogP contribution >= 0.6 is 34.8 Å². The van der Waals surface area contributed by atoms with Gasteiger partial charge in [-0.2, -0.15) is 0 Å². The molecular weight excluding hydrogens is 617 g/mol. The highest BCUT2D eigenvalue weighted by molar-refractivity contribution is 6.60. The van der Waals surface area contributed by atoms with Gasteiger partial charge in [0.1, 0.15) is 11.8 Å². The summed E-state index contributed by atoms with van der Waals surface area (Å²) >= 11 is 19.3. The molecule has 42 heavy (non-hydrogen) atoms. The fourth-order valence-electron chi connectivity index (χ4n) is 4.60. The van der Waals surface area contributed by atoms with Gasteiger partial charge in [-0.15, -0.1) is 5.10 Å². The first-order valence-corrected chi connectivity index (χ1v) is 17.1. The molecule has 226 valence electrons. The van der Waals surface area contributed by atoms with Gasteiger partial charge in [0, 0.05) is 71.0 Å². The van der Waals surface area contributed by atoms with Crippen LogP contribution in [0.25, 0.3) is 11.3 Å². The molecule has 13 heteroatoms. The van der Waals surface area contributed by atoms with Crippen LogP contribution in [0.1, 0.15) is 44.4 Å². The van der Waals surface area contributed by atoms with Crippen molar-refractivity contribution < 1.29 is 18.0 Å². The Labute approximate surface area is 263 Å². The third-order valence-electron chi connectivity index (χ3n) is 6.54. The Morgan fingerprint density at radius 3 is 2.33 bits per heavy atom. The highest BCUT2D eigenvalue weighted by Gasteiger charge is 2.39. The van der Waals surface area contributed by atoms with E-state index >= 15 is 0 Å². The smallest absolute Gasteiger partial charge is 0.374 e. The Kier molecular flexibility index (Phi) is 12.4. The maximum Gasteiger partial charge on any atom is 0.500 e. The van der Waals surface area contributed by atoms with E-state index in [2.05, 4.69) is 15.3 Å². The number of ether oxygens (including phenoxy) is 1. The summed E-state index contributed by atoms with van der Waals surface area (Å²) in [4.78, 5) is 4.13. The van der Waals surface area contributed by atoms with Crippen LogP contribution < -0.4 is 0 Å².